The average molecular weight is 492 g/mol. The third-order valence-corrected chi connectivity index (χ3v) is 7.10. The predicted octanol–water partition coefficient (Wildman–Crippen LogP) is 1.40. The molecule has 1 aliphatic rings. The van der Waals surface area contributed by atoms with E-state index in [1.807, 2.05) is 0 Å². The number of nitrogens with one attached hydrogen (secondary N) is 1. The summed E-state index contributed by atoms with van der Waals surface area (Å²) in [5.41, 5.74) is -1.33. The van der Waals surface area contributed by atoms with Crippen LogP contribution in [0, 0.1) is 0 Å². The fourth-order valence-corrected chi connectivity index (χ4v) is 5.24. The number of pyridine rings is 1. The molecular weight excluding hydrogens is 472 g/mol. The first kappa shape index (κ1) is 22.1. The first-order chi connectivity index (χ1) is 13.4. The van der Waals surface area contributed by atoms with Gasteiger partial charge in [-0.25, -0.2) is 0 Å². The van der Waals surface area contributed by atoms with E-state index in [1.165, 1.54) is 24.7 Å². The zero-order valence-corrected chi connectivity index (χ0v) is 18.4. The van der Waals surface area contributed by atoms with Gasteiger partial charge in [-0.1, -0.05) is 0 Å². The molecule has 0 unspecified atom stereocenters. The van der Waals surface area contributed by atoms with Crippen molar-refractivity contribution < 1.29 is 23.1 Å². The number of hydrogen-bond donors (Lipinski definition) is 2. The molecule has 2 N–H and O–H groups in total. The van der Waals surface area contributed by atoms with Crippen molar-refractivity contribution in [1.29, 1.82) is 0 Å². The molecular formula is C18H20AsClF3N4O2. The Hall–Kier alpha value is -1.57. The summed E-state index contributed by atoms with van der Waals surface area (Å²) in [6.07, 6.45) is 2.52. The zero-order valence-electron chi connectivity index (χ0n) is 15.7. The number of rotatable bonds is 7. The standard InChI is InChI=1S/C18H20AsClF3N4O2/c1-17(2,29)14(21)8-25-16(28)12-7-24-15(20)3-13(12)19-10-6-26-27(9-10)11-4-18(22,23)5-11/h3,6-7,9,11,14,29H,4-5,8H2,1-2H3,(H,25,28)/t14-/m1/s1. The number of aromatic nitrogens is 3. The molecule has 0 spiro atoms. The molecule has 0 saturated heterocycles. The van der Waals surface area contributed by atoms with Crippen LogP contribution in [-0.4, -0.2) is 65.8 Å². The summed E-state index contributed by atoms with van der Waals surface area (Å²) in [5, 5.41) is 16.5. The van der Waals surface area contributed by atoms with E-state index in [2.05, 4.69) is 15.4 Å². The van der Waals surface area contributed by atoms with Gasteiger partial charge in [0.15, 0.2) is 0 Å². The molecule has 1 atom stereocenters. The molecule has 1 amide bonds. The summed E-state index contributed by atoms with van der Waals surface area (Å²) < 4.78 is 43.0. The molecule has 2 heterocycles. The van der Waals surface area contributed by atoms with Crippen LogP contribution in [0.15, 0.2) is 24.7 Å². The fraction of sp³-hybridized carbons (Fsp3) is 0.500. The summed E-state index contributed by atoms with van der Waals surface area (Å²) in [6.45, 7) is 2.29. The normalized spacial score (nSPS) is 18.0. The van der Waals surface area contributed by atoms with Crippen LogP contribution in [0.3, 0.4) is 0 Å². The molecule has 1 saturated carbocycles. The average Bonchev–Trinajstić information content (AvgIpc) is 3.04. The number of hydrogen-bond acceptors (Lipinski definition) is 4. The summed E-state index contributed by atoms with van der Waals surface area (Å²) >= 11 is 5.24. The Kier molecular flexibility index (Phi) is 6.32. The van der Waals surface area contributed by atoms with Crippen molar-refractivity contribution >= 4 is 42.0 Å². The van der Waals surface area contributed by atoms with E-state index < -0.39 is 39.4 Å². The van der Waals surface area contributed by atoms with E-state index in [-0.39, 0.29) is 36.1 Å². The van der Waals surface area contributed by atoms with E-state index in [9.17, 15) is 23.1 Å². The van der Waals surface area contributed by atoms with Gasteiger partial charge in [0.2, 0.25) is 0 Å². The van der Waals surface area contributed by atoms with E-state index in [1.54, 1.807) is 18.5 Å². The molecule has 1 aliphatic carbocycles. The number of aliphatic hydroxyl groups is 1. The van der Waals surface area contributed by atoms with Crippen LogP contribution in [0.5, 0.6) is 0 Å². The van der Waals surface area contributed by atoms with Crippen molar-refractivity contribution in [3.05, 3.63) is 35.4 Å². The summed E-state index contributed by atoms with van der Waals surface area (Å²) in [4.78, 5) is 16.4. The molecule has 6 nitrogen and oxygen atoms in total. The van der Waals surface area contributed by atoms with Gasteiger partial charge in [-0.15, -0.1) is 0 Å². The first-order valence-corrected chi connectivity index (χ1v) is 11.1. The summed E-state index contributed by atoms with van der Waals surface area (Å²) in [6, 6.07) is 1.24. The minimum absolute atomic E-state index is 0.206. The molecule has 1 fully saturated rings. The van der Waals surface area contributed by atoms with E-state index in [0.29, 0.717) is 4.35 Å². The van der Waals surface area contributed by atoms with Crippen LogP contribution in [-0.2, 0) is 0 Å². The molecule has 157 valence electrons. The number of carbonyl (C=O) groups is 1. The Balaban J connectivity index is 1.71. The van der Waals surface area contributed by atoms with Crippen molar-refractivity contribution in [2.75, 3.05) is 6.54 Å². The first-order valence-electron chi connectivity index (χ1n) is 8.88. The second kappa shape index (κ2) is 8.28. The minimum atomic E-state index is -2.63. The zero-order chi connectivity index (χ0) is 21.4. The number of amides is 1. The van der Waals surface area contributed by atoms with Gasteiger partial charge >= 0.3 is 177 Å². The van der Waals surface area contributed by atoms with E-state index >= 15 is 0 Å². The number of alkyl halides is 3. The topological polar surface area (TPSA) is 80.0 Å². The van der Waals surface area contributed by atoms with Crippen LogP contribution in [0.2, 0.25) is 5.15 Å². The molecule has 29 heavy (non-hydrogen) atoms. The molecule has 2 aromatic rings. The van der Waals surface area contributed by atoms with Gasteiger partial charge in [-0.2, -0.15) is 0 Å². The third-order valence-electron chi connectivity index (χ3n) is 4.58. The van der Waals surface area contributed by atoms with Gasteiger partial charge in [0.1, 0.15) is 0 Å². The molecule has 11 heteroatoms. The molecule has 1 radical (unpaired) electrons. The Morgan fingerprint density at radius 3 is 2.79 bits per heavy atom. The maximum atomic E-state index is 13.9. The number of carbonyl (C=O) groups excluding carboxylic acids is 1. The Bertz CT molecular complexity index is 895. The Labute approximate surface area is 177 Å². The van der Waals surface area contributed by atoms with E-state index in [4.69, 9.17) is 11.6 Å². The number of halogens is 4. The molecule has 0 bridgehead atoms. The quantitative estimate of drug-likeness (QED) is 0.453. The van der Waals surface area contributed by atoms with Crippen LogP contribution in [0.25, 0.3) is 0 Å². The Morgan fingerprint density at radius 2 is 2.17 bits per heavy atom. The second-order valence-electron chi connectivity index (χ2n) is 7.56. The fourth-order valence-electron chi connectivity index (χ4n) is 2.76. The van der Waals surface area contributed by atoms with E-state index in [0.717, 1.165) is 4.35 Å². The van der Waals surface area contributed by atoms with Crippen LogP contribution in [0.4, 0.5) is 13.2 Å². The van der Waals surface area contributed by atoms with Crippen LogP contribution in [0.1, 0.15) is 43.1 Å². The van der Waals surface area contributed by atoms with Crippen molar-refractivity contribution in [2.24, 2.45) is 0 Å². The van der Waals surface area contributed by atoms with Gasteiger partial charge in [0.05, 0.1) is 0 Å². The predicted molar refractivity (Wildman–Crippen MR) is 103 cm³/mol. The molecule has 2 aromatic heterocycles. The van der Waals surface area contributed by atoms with Gasteiger partial charge in [-0.05, 0) is 0 Å². The van der Waals surface area contributed by atoms with Crippen LogP contribution >= 0.6 is 11.6 Å². The van der Waals surface area contributed by atoms with Crippen LogP contribution < -0.4 is 14.0 Å². The second-order valence-corrected chi connectivity index (χ2v) is 10.5. The van der Waals surface area contributed by atoms with Gasteiger partial charge in [-0.3, -0.25) is 0 Å². The van der Waals surface area contributed by atoms with Crippen molar-refractivity contribution in [3.63, 3.8) is 0 Å². The van der Waals surface area contributed by atoms with Gasteiger partial charge in [0, 0.05) is 0 Å². The molecule has 3 rings (SSSR count). The van der Waals surface area contributed by atoms with Crippen molar-refractivity contribution in [3.8, 4) is 0 Å². The number of nitrogens with zero attached hydrogens (tertiary/aromatic N) is 3. The Morgan fingerprint density at radius 1 is 1.48 bits per heavy atom. The van der Waals surface area contributed by atoms with Crippen molar-refractivity contribution in [1.82, 2.24) is 20.1 Å². The third kappa shape index (κ3) is 5.52. The molecule has 0 aromatic carbocycles. The maximum absolute atomic E-state index is 13.9. The summed E-state index contributed by atoms with van der Waals surface area (Å²) in [5.74, 6) is -3.16. The van der Waals surface area contributed by atoms with Gasteiger partial charge in [0.25, 0.3) is 0 Å². The summed E-state index contributed by atoms with van der Waals surface area (Å²) in [7, 11) is 0. The monoisotopic (exact) mass is 491 g/mol. The van der Waals surface area contributed by atoms with Gasteiger partial charge < -0.3 is 0 Å². The SMILES string of the molecule is CC(C)(O)[C@H](F)CNC(=O)c1cnc(Cl)cc1[As]c1cnn(C2CC(F)(F)C2)c1. The van der Waals surface area contributed by atoms with Crippen molar-refractivity contribution in [2.45, 2.75) is 50.4 Å². The molecule has 0 aliphatic heterocycles.